The van der Waals surface area contributed by atoms with Crippen molar-refractivity contribution in [1.29, 1.82) is 0 Å². The van der Waals surface area contributed by atoms with Crippen LogP contribution in [0.4, 0.5) is 0 Å². The van der Waals surface area contributed by atoms with Gasteiger partial charge in [-0.3, -0.25) is 9.89 Å². The molecule has 0 bridgehead atoms. The van der Waals surface area contributed by atoms with Crippen LogP contribution in [0, 0.1) is 5.92 Å². The fourth-order valence-corrected chi connectivity index (χ4v) is 2.29. The van der Waals surface area contributed by atoms with Crippen LogP contribution in [-0.2, 0) is 4.79 Å². The van der Waals surface area contributed by atoms with Gasteiger partial charge in [-0.25, -0.2) is 4.98 Å². The predicted molar refractivity (Wildman–Crippen MR) is 62.9 cm³/mol. The van der Waals surface area contributed by atoms with E-state index in [1.54, 1.807) is 0 Å². The quantitative estimate of drug-likeness (QED) is 0.713. The highest BCUT2D eigenvalue weighted by molar-refractivity contribution is 5.79. The molecule has 4 N–H and O–H groups in total. The number of hydrogen-bond acceptors (Lipinski definition) is 4. The van der Waals surface area contributed by atoms with E-state index in [4.69, 9.17) is 5.73 Å². The zero-order valence-electron chi connectivity index (χ0n) is 10.0. The summed E-state index contributed by atoms with van der Waals surface area (Å²) in [5.41, 5.74) is 5.88. The van der Waals surface area contributed by atoms with Gasteiger partial charge in [-0.15, -0.1) is 0 Å². The summed E-state index contributed by atoms with van der Waals surface area (Å²) in [6.07, 6.45) is 5.23. The SMILES string of the molecule is CC(NC(=O)C1CCCC(N)C1)c1ncn[nH]1. The van der Waals surface area contributed by atoms with Gasteiger partial charge < -0.3 is 11.1 Å². The summed E-state index contributed by atoms with van der Waals surface area (Å²) in [5, 5.41) is 9.47. The second-order valence-corrected chi connectivity index (χ2v) is 4.72. The summed E-state index contributed by atoms with van der Waals surface area (Å²) in [6.45, 7) is 1.89. The number of nitrogens with two attached hydrogens (primary N) is 1. The number of aromatic nitrogens is 3. The van der Waals surface area contributed by atoms with Crippen LogP contribution in [0.3, 0.4) is 0 Å². The van der Waals surface area contributed by atoms with Gasteiger partial charge >= 0.3 is 0 Å². The van der Waals surface area contributed by atoms with Gasteiger partial charge in [0, 0.05) is 12.0 Å². The van der Waals surface area contributed by atoms with Crippen molar-refractivity contribution < 1.29 is 4.79 Å². The fourth-order valence-electron chi connectivity index (χ4n) is 2.29. The summed E-state index contributed by atoms with van der Waals surface area (Å²) in [5.74, 6) is 0.798. The molecule has 17 heavy (non-hydrogen) atoms. The van der Waals surface area contributed by atoms with Gasteiger partial charge in [0.2, 0.25) is 5.91 Å². The van der Waals surface area contributed by atoms with Crippen LogP contribution in [0.1, 0.15) is 44.5 Å². The molecule has 0 aliphatic heterocycles. The summed E-state index contributed by atoms with van der Waals surface area (Å²) < 4.78 is 0. The van der Waals surface area contributed by atoms with Crippen molar-refractivity contribution in [1.82, 2.24) is 20.5 Å². The first-order chi connectivity index (χ1) is 8.16. The molecular weight excluding hydrogens is 218 g/mol. The summed E-state index contributed by atoms with van der Waals surface area (Å²) in [4.78, 5) is 16.0. The molecule has 0 spiro atoms. The van der Waals surface area contributed by atoms with Crippen molar-refractivity contribution in [3.8, 4) is 0 Å². The minimum atomic E-state index is -0.136. The second kappa shape index (κ2) is 5.27. The summed E-state index contributed by atoms with van der Waals surface area (Å²) in [6, 6.07) is 0.0308. The first-order valence-corrected chi connectivity index (χ1v) is 6.08. The molecule has 1 heterocycles. The van der Waals surface area contributed by atoms with Crippen LogP contribution in [0.25, 0.3) is 0 Å². The molecular formula is C11H19N5O. The van der Waals surface area contributed by atoms with E-state index < -0.39 is 0 Å². The van der Waals surface area contributed by atoms with Gasteiger partial charge in [-0.1, -0.05) is 6.42 Å². The molecule has 1 aromatic heterocycles. The smallest absolute Gasteiger partial charge is 0.223 e. The molecule has 3 atom stereocenters. The Hall–Kier alpha value is -1.43. The molecule has 2 rings (SSSR count). The highest BCUT2D eigenvalue weighted by Crippen LogP contribution is 2.23. The average Bonchev–Trinajstić information content (AvgIpc) is 2.82. The Morgan fingerprint density at radius 3 is 3.12 bits per heavy atom. The number of amides is 1. The first-order valence-electron chi connectivity index (χ1n) is 6.08. The summed E-state index contributed by atoms with van der Waals surface area (Å²) >= 11 is 0. The van der Waals surface area contributed by atoms with Gasteiger partial charge in [0.25, 0.3) is 0 Å². The van der Waals surface area contributed by atoms with Crippen LogP contribution >= 0.6 is 0 Å². The number of carbonyl (C=O) groups excluding carboxylic acids is 1. The van der Waals surface area contributed by atoms with E-state index >= 15 is 0 Å². The molecule has 1 fully saturated rings. The lowest BCUT2D eigenvalue weighted by Crippen LogP contribution is -2.38. The lowest BCUT2D eigenvalue weighted by atomic mass is 9.85. The maximum Gasteiger partial charge on any atom is 0.223 e. The molecule has 0 saturated heterocycles. The molecule has 1 amide bonds. The van der Waals surface area contributed by atoms with Gasteiger partial charge in [0.05, 0.1) is 6.04 Å². The number of rotatable bonds is 3. The second-order valence-electron chi connectivity index (χ2n) is 4.72. The molecule has 6 heteroatoms. The van der Waals surface area contributed by atoms with Crippen molar-refractivity contribution in [2.24, 2.45) is 11.7 Å². The predicted octanol–water partition coefficient (Wildman–Crippen LogP) is 0.499. The van der Waals surface area contributed by atoms with E-state index in [-0.39, 0.29) is 23.9 Å². The number of carbonyl (C=O) groups is 1. The molecule has 0 radical (unpaired) electrons. The van der Waals surface area contributed by atoms with Gasteiger partial charge in [0.1, 0.15) is 12.2 Å². The normalized spacial score (nSPS) is 26.5. The van der Waals surface area contributed by atoms with E-state index in [1.165, 1.54) is 6.33 Å². The Morgan fingerprint density at radius 2 is 2.47 bits per heavy atom. The monoisotopic (exact) mass is 237 g/mol. The first kappa shape index (κ1) is 12.0. The van der Waals surface area contributed by atoms with E-state index in [2.05, 4.69) is 20.5 Å². The van der Waals surface area contributed by atoms with Crippen LogP contribution in [0.2, 0.25) is 0 Å². The van der Waals surface area contributed by atoms with Crippen LogP contribution < -0.4 is 11.1 Å². The number of nitrogens with one attached hydrogen (secondary N) is 2. The number of nitrogens with zero attached hydrogens (tertiary/aromatic N) is 2. The van der Waals surface area contributed by atoms with Gasteiger partial charge in [-0.2, -0.15) is 5.10 Å². The lowest BCUT2D eigenvalue weighted by molar-refractivity contribution is -0.126. The Morgan fingerprint density at radius 1 is 1.65 bits per heavy atom. The third-order valence-corrected chi connectivity index (χ3v) is 3.29. The number of aromatic amines is 1. The number of hydrogen-bond donors (Lipinski definition) is 3. The molecule has 1 aliphatic rings. The maximum absolute atomic E-state index is 12.0. The lowest BCUT2D eigenvalue weighted by Gasteiger charge is -2.26. The zero-order valence-corrected chi connectivity index (χ0v) is 10.0. The Labute approximate surface area is 100 Å². The standard InChI is InChI=1S/C11H19N5O/c1-7(10-13-6-14-16-10)15-11(17)8-3-2-4-9(12)5-8/h6-9H,2-5,12H2,1H3,(H,15,17)(H,13,14,16). The van der Waals surface area contributed by atoms with Crippen molar-refractivity contribution in [2.75, 3.05) is 0 Å². The van der Waals surface area contributed by atoms with Crippen LogP contribution in [0.5, 0.6) is 0 Å². The molecule has 0 aromatic carbocycles. The van der Waals surface area contributed by atoms with Crippen LogP contribution in [0.15, 0.2) is 6.33 Å². The van der Waals surface area contributed by atoms with E-state index in [9.17, 15) is 4.79 Å². The highest BCUT2D eigenvalue weighted by Gasteiger charge is 2.26. The van der Waals surface area contributed by atoms with E-state index in [0.29, 0.717) is 5.82 Å². The molecule has 3 unspecified atom stereocenters. The number of H-pyrrole nitrogens is 1. The third-order valence-electron chi connectivity index (χ3n) is 3.29. The minimum Gasteiger partial charge on any atom is -0.346 e. The van der Waals surface area contributed by atoms with Crippen molar-refractivity contribution in [3.05, 3.63) is 12.2 Å². The Bertz CT molecular complexity index is 364. The third kappa shape index (κ3) is 3.03. The van der Waals surface area contributed by atoms with Gasteiger partial charge in [-0.05, 0) is 26.2 Å². The Balaban J connectivity index is 1.88. The topological polar surface area (TPSA) is 96.7 Å². The van der Waals surface area contributed by atoms with Gasteiger partial charge in [0.15, 0.2) is 0 Å². The largest absolute Gasteiger partial charge is 0.346 e. The molecule has 1 aromatic rings. The maximum atomic E-state index is 12.0. The Kier molecular flexibility index (Phi) is 3.73. The molecule has 6 nitrogen and oxygen atoms in total. The summed E-state index contributed by atoms with van der Waals surface area (Å²) in [7, 11) is 0. The van der Waals surface area contributed by atoms with Crippen LogP contribution in [-0.4, -0.2) is 27.1 Å². The average molecular weight is 237 g/mol. The molecule has 1 saturated carbocycles. The van der Waals surface area contributed by atoms with Crippen molar-refractivity contribution in [3.63, 3.8) is 0 Å². The van der Waals surface area contributed by atoms with Crippen molar-refractivity contribution >= 4 is 5.91 Å². The highest BCUT2D eigenvalue weighted by atomic mass is 16.1. The van der Waals surface area contributed by atoms with Crippen molar-refractivity contribution in [2.45, 2.75) is 44.7 Å². The minimum absolute atomic E-state index is 0.0455. The van der Waals surface area contributed by atoms with E-state index in [1.807, 2.05) is 6.92 Å². The van der Waals surface area contributed by atoms with E-state index in [0.717, 1.165) is 25.7 Å². The zero-order chi connectivity index (χ0) is 12.3. The molecule has 1 aliphatic carbocycles. The molecule has 94 valence electrons. The fraction of sp³-hybridized carbons (Fsp3) is 0.727.